The number of nitrogens with one attached hydrogen (secondary N) is 1. The minimum atomic E-state index is -1.73. The highest BCUT2D eigenvalue weighted by molar-refractivity contribution is 6.73. The van der Waals surface area contributed by atoms with Crippen molar-refractivity contribution in [3.63, 3.8) is 0 Å². The minimum Gasteiger partial charge on any atom is -0.403 e. The first-order valence-electron chi connectivity index (χ1n) is 7.19. The Hall–Kier alpha value is -1.13. The van der Waals surface area contributed by atoms with E-state index in [0.717, 1.165) is 23.7 Å². The van der Waals surface area contributed by atoms with E-state index in [-0.39, 0.29) is 18.1 Å². The highest BCUT2D eigenvalue weighted by atomic mass is 28.4. The third-order valence-electron chi connectivity index (χ3n) is 4.33. The van der Waals surface area contributed by atoms with E-state index in [2.05, 4.69) is 26.1 Å². The molecule has 4 heteroatoms. The van der Waals surface area contributed by atoms with Gasteiger partial charge < -0.3 is 9.74 Å². The molecule has 0 spiro atoms. The van der Waals surface area contributed by atoms with Gasteiger partial charge in [-0.2, -0.15) is 0 Å². The van der Waals surface area contributed by atoms with Crippen molar-refractivity contribution < 1.29 is 9.22 Å². The summed E-state index contributed by atoms with van der Waals surface area (Å²) in [5.74, 6) is 0.0427. The Balaban J connectivity index is 2.12. The van der Waals surface area contributed by atoms with Gasteiger partial charge in [-0.1, -0.05) is 51.1 Å². The van der Waals surface area contributed by atoms with Crippen molar-refractivity contribution in [2.45, 2.75) is 51.0 Å². The molecular weight excluding hydrogens is 254 g/mol. The maximum atomic E-state index is 11.8. The third-order valence-corrected chi connectivity index (χ3v) is 8.95. The number of β-lactam (4-membered cyclic amide) rings is 1. The predicted octanol–water partition coefficient (Wildman–Crippen LogP) is 3.25. The second-order valence-electron chi connectivity index (χ2n) is 5.18. The fraction of sp³-hybridized carbons (Fsp3) is 0.533. The largest absolute Gasteiger partial charge is 0.403 e. The van der Waals surface area contributed by atoms with Crippen molar-refractivity contribution in [1.82, 2.24) is 5.32 Å². The maximum Gasteiger partial charge on any atom is 0.251 e. The van der Waals surface area contributed by atoms with Gasteiger partial charge in [0, 0.05) is 0 Å². The molecule has 3 nitrogen and oxygen atoms in total. The van der Waals surface area contributed by atoms with E-state index >= 15 is 0 Å². The summed E-state index contributed by atoms with van der Waals surface area (Å²) in [7, 11) is -1.73. The van der Waals surface area contributed by atoms with Crippen LogP contribution < -0.4 is 5.32 Å². The van der Waals surface area contributed by atoms with Crippen LogP contribution in [0.5, 0.6) is 0 Å². The third kappa shape index (κ3) is 2.74. The van der Waals surface area contributed by atoms with Gasteiger partial charge in [-0.3, -0.25) is 4.79 Å². The topological polar surface area (TPSA) is 38.3 Å². The number of hydrogen-bond acceptors (Lipinski definition) is 2. The molecule has 0 bridgehead atoms. The molecule has 0 aliphatic carbocycles. The molecule has 1 heterocycles. The van der Waals surface area contributed by atoms with Crippen LogP contribution in [0.15, 0.2) is 30.3 Å². The molecule has 1 fully saturated rings. The molecule has 0 aromatic heterocycles. The normalized spacial score (nSPS) is 22.8. The number of rotatable bonds is 6. The number of amides is 1. The Bertz CT molecular complexity index is 423. The second-order valence-corrected chi connectivity index (χ2v) is 9.90. The van der Waals surface area contributed by atoms with E-state index in [0.29, 0.717) is 0 Å². The van der Waals surface area contributed by atoms with Gasteiger partial charge in [-0.05, 0) is 23.7 Å². The minimum absolute atomic E-state index is 0.0326. The fourth-order valence-electron chi connectivity index (χ4n) is 2.68. The van der Waals surface area contributed by atoms with Gasteiger partial charge in [0.1, 0.15) is 6.10 Å². The van der Waals surface area contributed by atoms with Crippen LogP contribution in [0, 0.1) is 0 Å². The first-order valence-corrected chi connectivity index (χ1v) is 9.72. The average molecular weight is 277 g/mol. The SMILES string of the molecule is CC[Si](CC)(CC)O[C@H]1C(=O)N[C@@H]1c1ccccc1. The standard InChI is InChI=1S/C15H23NO2Si/c1-4-19(5-2,6-3)18-14-13(16-15(14)17)12-10-8-7-9-11-12/h7-11,13-14H,4-6H2,1-3H3,(H,16,17)/t13-,14-/m1/s1. The number of hydrogen-bond donors (Lipinski definition) is 1. The maximum absolute atomic E-state index is 11.8. The lowest BCUT2D eigenvalue weighted by atomic mass is 9.94. The molecule has 1 aliphatic heterocycles. The summed E-state index contributed by atoms with van der Waals surface area (Å²) in [4.78, 5) is 11.8. The molecule has 0 unspecified atom stereocenters. The molecule has 19 heavy (non-hydrogen) atoms. The van der Waals surface area contributed by atoms with Crippen LogP contribution in [0.3, 0.4) is 0 Å². The Morgan fingerprint density at radius 1 is 1.11 bits per heavy atom. The molecule has 2 rings (SSSR count). The second kappa shape index (κ2) is 5.88. The van der Waals surface area contributed by atoms with Gasteiger partial charge in [-0.25, -0.2) is 0 Å². The summed E-state index contributed by atoms with van der Waals surface area (Å²) in [6, 6.07) is 13.3. The summed E-state index contributed by atoms with van der Waals surface area (Å²) in [6.07, 6.45) is -0.283. The predicted molar refractivity (Wildman–Crippen MR) is 79.4 cm³/mol. The lowest BCUT2D eigenvalue weighted by Crippen LogP contribution is -2.60. The Kier molecular flexibility index (Phi) is 4.42. The van der Waals surface area contributed by atoms with Crippen molar-refractivity contribution in [3.8, 4) is 0 Å². The van der Waals surface area contributed by atoms with Crippen LogP contribution in [-0.4, -0.2) is 20.3 Å². The van der Waals surface area contributed by atoms with Crippen molar-refractivity contribution in [2.75, 3.05) is 0 Å². The summed E-state index contributed by atoms with van der Waals surface area (Å²) >= 11 is 0. The zero-order valence-electron chi connectivity index (χ0n) is 12.0. The zero-order valence-corrected chi connectivity index (χ0v) is 13.0. The molecule has 2 atom stereocenters. The summed E-state index contributed by atoms with van der Waals surface area (Å²) in [5.41, 5.74) is 1.14. The van der Waals surface area contributed by atoms with Crippen molar-refractivity contribution >= 4 is 14.2 Å². The van der Waals surface area contributed by atoms with Gasteiger partial charge in [-0.15, -0.1) is 0 Å². The lowest BCUT2D eigenvalue weighted by Gasteiger charge is -2.42. The summed E-state index contributed by atoms with van der Waals surface area (Å²) in [5, 5.41) is 2.96. The molecule has 1 amide bonds. The van der Waals surface area contributed by atoms with Crippen molar-refractivity contribution in [1.29, 1.82) is 0 Å². The van der Waals surface area contributed by atoms with E-state index in [1.54, 1.807) is 0 Å². The first kappa shape index (κ1) is 14.3. The van der Waals surface area contributed by atoms with Crippen LogP contribution in [0.2, 0.25) is 18.1 Å². The number of carbonyl (C=O) groups excluding carboxylic acids is 1. The zero-order chi connectivity index (χ0) is 13.9. The average Bonchev–Trinajstić information content (AvgIpc) is 2.47. The van der Waals surface area contributed by atoms with Crippen LogP contribution in [0.25, 0.3) is 0 Å². The van der Waals surface area contributed by atoms with Gasteiger partial charge in [0.2, 0.25) is 0 Å². The van der Waals surface area contributed by atoms with Crippen molar-refractivity contribution in [3.05, 3.63) is 35.9 Å². The highest BCUT2D eigenvalue weighted by Crippen LogP contribution is 2.33. The molecule has 1 aromatic rings. The highest BCUT2D eigenvalue weighted by Gasteiger charge is 2.45. The summed E-state index contributed by atoms with van der Waals surface area (Å²) < 4.78 is 6.33. The van der Waals surface area contributed by atoms with Crippen LogP contribution in [0.1, 0.15) is 32.4 Å². The van der Waals surface area contributed by atoms with Crippen LogP contribution in [-0.2, 0) is 9.22 Å². The lowest BCUT2D eigenvalue weighted by molar-refractivity contribution is -0.141. The van der Waals surface area contributed by atoms with Gasteiger partial charge >= 0.3 is 0 Å². The van der Waals surface area contributed by atoms with Crippen molar-refractivity contribution in [2.24, 2.45) is 0 Å². The van der Waals surface area contributed by atoms with Gasteiger partial charge in [0.05, 0.1) is 6.04 Å². The Morgan fingerprint density at radius 2 is 1.68 bits per heavy atom. The smallest absolute Gasteiger partial charge is 0.251 e. The van der Waals surface area contributed by atoms with Crippen LogP contribution in [0.4, 0.5) is 0 Å². The molecule has 0 radical (unpaired) electrons. The van der Waals surface area contributed by atoms with E-state index < -0.39 is 8.32 Å². The Morgan fingerprint density at radius 3 is 2.16 bits per heavy atom. The van der Waals surface area contributed by atoms with E-state index in [1.165, 1.54) is 0 Å². The molecular formula is C15H23NO2Si. The molecule has 1 saturated heterocycles. The molecule has 1 aromatic carbocycles. The molecule has 0 saturated carbocycles. The molecule has 1 N–H and O–H groups in total. The number of carbonyl (C=O) groups is 1. The fourth-order valence-corrected chi connectivity index (χ4v) is 5.46. The van der Waals surface area contributed by atoms with Gasteiger partial charge in [0.15, 0.2) is 8.32 Å². The Labute approximate surface area is 116 Å². The monoisotopic (exact) mass is 277 g/mol. The van der Waals surface area contributed by atoms with Gasteiger partial charge in [0.25, 0.3) is 5.91 Å². The van der Waals surface area contributed by atoms with E-state index in [9.17, 15) is 4.79 Å². The van der Waals surface area contributed by atoms with Crippen LogP contribution >= 0.6 is 0 Å². The molecule has 104 valence electrons. The quantitative estimate of drug-likeness (QED) is 0.640. The van der Waals surface area contributed by atoms with E-state index in [4.69, 9.17) is 4.43 Å². The number of benzene rings is 1. The molecule has 1 aliphatic rings. The first-order chi connectivity index (χ1) is 9.15. The van der Waals surface area contributed by atoms with E-state index in [1.807, 2.05) is 30.3 Å². The summed E-state index contributed by atoms with van der Waals surface area (Å²) in [6.45, 7) is 6.56.